The normalized spacial score (nSPS) is 14.9. The number of para-hydroxylation sites is 1. The molecule has 1 aliphatic rings. The van der Waals surface area contributed by atoms with Crippen LogP contribution in [0.1, 0.15) is 52.9 Å². The van der Waals surface area contributed by atoms with Crippen molar-refractivity contribution >= 4 is 40.9 Å². The lowest BCUT2D eigenvalue weighted by Crippen LogP contribution is -2.34. The van der Waals surface area contributed by atoms with E-state index in [1.54, 1.807) is 41.3 Å². The van der Waals surface area contributed by atoms with E-state index in [2.05, 4.69) is 17.2 Å². The topological polar surface area (TPSA) is 130 Å². The number of benzene rings is 2. The maximum Gasteiger partial charge on any atom is 0.373 e. The Balaban J connectivity index is 0.00000121. The Hall–Kier alpha value is -4.56. The summed E-state index contributed by atoms with van der Waals surface area (Å²) in [4.78, 5) is 61.1. The third kappa shape index (κ3) is 6.36. The highest BCUT2D eigenvalue weighted by Crippen LogP contribution is 2.32. The maximum absolute atomic E-state index is 13.0. The number of hydrogen-bond acceptors (Lipinski definition) is 6. The number of aromatic nitrogens is 2. The number of likely N-dealkylation sites (tertiary alicyclic amines) is 1. The second-order valence-electron chi connectivity index (χ2n) is 8.38. The standard InChI is InChI=1S/C26H29N5O3.CO2/c1-3-22(32)30-16-9-8-13-19(17-30)31-23-20(25(34)27-4-2)14-10-15-21(23)28-26(31)29-24(33)18-11-6-5-7-12-18;2-1-3/h3,5-7,10-12,14-15,19H,1,4,8-9,13,16-17H2,2H3,(H,27,34)(H,28,29,33);. The molecular weight excluding hydrogens is 474 g/mol. The van der Waals surface area contributed by atoms with Crippen LogP contribution < -0.4 is 10.6 Å². The number of fused-ring (bicyclic) bond motifs is 1. The molecule has 10 heteroatoms. The fourth-order valence-corrected chi connectivity index (χ4v) is 4.45. The summed E-state index contributed by atoms with van der Waals surface area (Å²) in [6, 6.07) is 14.1. The van der Waals surface area contributed by atoms with Crippen LogP contribution in [0.15, 0.2) is 61.2 Å². The molecule has 1 atom stereocenters. The zero-order valence-corrected chi connectivity index (χ0v) is 20.6. The van der Waals surface area contributed by atoms with Crippen molar-refractivity contribution in [1.82, 2.24) is 19.8 Å². The van der Waals surface area contributed by atoms with Gasteiger partial charge in [-0.3, -0.25) is 19.7 Å². The summed E-state index contributed by atoms with van der Waals surface area (Å²) < 4.78 is 1.93. The second kappa shape index (κ2) is 12.9. The quantitative estimate of drug-likeness (QED) is 0.497. The Morgan fingerprint density at radius 2 is 1.81 bits per heavy atom. The lowest BCUT2D eigenvalue weighted by atomic mass is 10.1. The van der Waals surface area contributed by atoms with Gasteiger partial charge in [0.2, 0.25) is 11.9 Å². The van der Waals surface area contributed by atoms with E-state index in [0.717, 1.165) is 19.3 Å². The van der Waals surface area contributed by atoms with Crippen LogP contribution in [0.4, 0.5) is 5.95 Å². The fraction of sp³-hybridized carbons (Fsp3) is 0.296. The molecule has 2 aromatic carbocycles. The van der Waals surface area contributed by atoms with Crippen LogP contribution in [0.25, 0.3) is 11.0 Å². The van der Waals surface area contributed by atoms with Gasteiger partial charge >= 0.3 is 6.15 Å². The van der Waals surface area contributed by atoms with Crippen molar-refractivity contribution < 1.29 is 24.0 Å². The number of hydrogen-bond donors (Lipinski definition) is 2. The van der Waals surface area contributed by atoms with E-state index >= 15 is 0 Å². The van der Waals surface area contributed by atoms with Gasteiger partial charge in [-0.1, -0.05) is 30.8 Å². The summed E-state index contributed by atoms with van der Waals surface area (Å²) in [6.45, 7) is 7.07. The van der Waals surface area contributed by atoms with E-state index in [1.165, 1.54) is 6.08 Å². The van der Waals surface area contributed by atoms with Gasteiger partial charge in [0.1, 0.15) is 0 Å². The number of imidazole rings is 1. The number of anilines is 1. The highest BCUT2D eigenvalue weighted by molar-refractivity contribution is 6.07. The van der Waals surface area contributed by atoms with Gasteiger partial charge in [0.15, 0.2) is 0 Å². The van der Waals surface area contributed by atoms with E-state index in [0.29, 0.717) is 47.7 Å². The molecule has 3 aromatic rings. The van der Waals surface area contributed by atoms with Crippen molar-refractivity contribution in [3.8, 4) is 0 Å². The van der Waals surface area contributed by atoms with Crippen molar-refractivity contribution in [1.29, 1.82) is 0 Å². The maximum atomic E-state index is 13.0. The van der Waals surface area contributed by atoms with E-state index < -0.39 is 0 Å². The average molecular weight is 504 g/mol. The summed E-state index contributed by atoms with van der Waals surface area (Å²) in [5, 5.41) is 5.81. The minimum atomic E-state index is -0.288. The lowest BCUT2D eigenvalue weighted by molar-refractivity contribution is -0.191. The highest BCUT2D eigenvalue weighted by Gasteiger charge is 2.28. The third-order valence-corrected chi connectivity index (χ3v) is 6.05. The molecule has 1 unspecified atom stereocenters. The molecule has 10 nitrogen and oxygen atoms in total. The summed E-state index contributed by atoms with van der Waals surface area (Å²) in [5.41, 5.74) is 2.25. The van der Waals surface area contributed by atoms with Crippen molar-refractivity contribution in [3.05, 3.63) is 72.3 Å². The molecule has 0 aliphatic carbocycles. The van der Waals surface area contributed by atoms with Crippen molar-refractivity contribution in [2.24, 2.45) is 0 Å². The Labute approximate surface area is 214 Å². The van der Waals surface area contributed by atoms with Crippen LogP contribution in [0.3, 0.4) is 0 Å². The first-order valence-electron chi connectivity index (χ1n) is 12.0. The monoisotopic (exact) mass is 503 g/mol. The van der Waals surface area contributed by atoms with Gasteiger partial charge < -0.3 is 14.8 Å². The highest BCUT2D eigenvalue weighted by atomic mass is 16.2. The van der Waals surface area contributed by atoms with Crippen LogP contribution >= 0.6 is 0 Å². The molecule has 1 saturated heterocycles. The summed E-state index contributed by atoms with van der Waals surface area (Å²) in [6.07, 6.45) is 4.13. The van der Waals surface area contributed by atoms with Crippen LogP contribution in [0, 0.1) is 0 Å². The molecule has 2 N–H and O–H groups in total. The van der Waals surface area contributed by atoms with Crippen molar-refractivity contribution in [3.63, 3.8) is 0 Å². The van der Waals surface area contributed by atoms with E-state index in [-0.39, 0.29) is 29.9 Å². The van der Waals surface area contributed by atoms with E-state index in [9.17, 15) is 14.4 Å². The number of amides is 3. The number of rotatable bonds is 6. The van der Waals surface area contributed by atoms with E-state index in [1.807, 2.05) is 23.6 Å². The molecule has 2 heterocycles. The molecule has 4 rings (SSSR count). The predicted octanol–water partition coefficient (Wildman–Crippen LogP) is 3.19. The van der Waals surface area contributed by atoms with E-state index in [4.69, 9.17) is 14.6 Å². The van der Waals surface area contributed by atoms with Gasteiger partial charge in [0.25, 0.3) is 11.8 Å². The number of nitrogens with one attached hydrogen (secondary N) is 2. The minimum absolute atomic E-state index is 0.129. The average Bonchev–Trinajstić information content (AvgIpc) is 3.09. The van der Waals surface area contributed by atoms with Crippen LogP contribution in [-0.4, -0.2) is 58.0 Å². The molecule has 1 aromatic heterocycles. The van der Waals surface area contributed by atoms with Gasteiger partial charge in [0, 0.05) is 25.2 Å². The Kier molecular flexibility index (Phi) is 9.46. The molecule has 192 valence electrons. The molecule has 0 saturated carbocycles. The molecular formula is C27H29N5O5. The minimum Gasteiger partial charge on any atom is -0.352 e. The largest absolute Gasteiger partial charge is 0.373 e. The molecule has 1 aliphatic heterocycles. The first-order valence-corrected chi connectivity index (χ1v) is 12.0. The number of carbonyl (C=O) groups is 3. The fourth-order valence-electron chi connectivity index (χ4n) is 4.45. The smallest absolute Gasteiger partial charge is 0.352 e. The second-order valence-corrected chi connectivity index (χ2v) is 8.38. The molecule has 0 bridgehead atoms. The predicted molar refractivity (Wildman–Crippen MR) is 137 cm³/mol. The SMILES string of the molecule is C=CC(=O)N1CCCCC(n2c(NC(=O)c3ccccc3)nc3cccc(C(=O)NCC)c32)C1.O=C=O. The van der Waals surface area contributed by atoms with Gasteiger partial charge in [-0.15, -0.1) is 0 Å². The zero-order valence-electron chi connectivity index (χ0n) is 20.6. The Bertz CT molecular complexity index is 1310. The Morgan fingerprint density at radius 1 is 1.08 bits per heavy atom. The first-order chi connectivity index (χ1) is 17.9. The molecule has 1 fully saturated rings. The molecule has 37 heavy (non-hydrogen) atoms. The Morgan fingerprint density at radius 3 is 2.49 bits per heavy atom. The first kappa shape index (κ1) is 27.0. The van der Waals surface area contributed by atoms with Gasteiger partial charge in [0.05, 0.1) is 22.6 Å². The molecule has 0 radical (unpaired) electrons. The van der Waals surface area contributed by atoms with Crippen LogP contribution in [0.5, 0.6) is 0 Å². The summed E-state index contributed by atoms with van der Waals surface area (Å²) in [5.74, 6) is -0.263. The van der Waals surface area contributed by atoms with Gasteiger partial charge in [-0.25, -0.2) is 4.98 Å². The van der Waals surface area contributed by atoms with Crippen molar-refractivity contribution in [2.75, 3.05) is 25.0 Å². The summed E-state index contributed by atoms with van der Waals surface area (Å²) >= 11 is 0. The zero-order chi connectivity index (χ0) is 26.8. The summed E-state index contributed by atoms with van der Waals surface area (Å²) in [7, 11) is 0. The number of nitrogens with zero attached hydrogens (tertiary/aromatic N) is 3. The van der Waals surface area contributed by atoms with Gasteiger partial charge in [-0.2, -0.15) is 9.59 Å². The van der Waals surface area contributed by atoms with Gasteiger partial charge in [-0.05, 0) is 56.5 Å². The van der Waals surface area contributed by atoms with Crippen LogP contribution in [0.2, 0.25) is 0 Å². The van der Waals surface area contributed by atoms with Crippen molar-refractivity contribution in [2.45, 2.75) is 32.2 Å². The molecule has 3 amide bonds. The number of carbonyl (C=O) groups excluding carboxylic acids is 5. The third-order valence-electron chi connectivity index (χ3n) is 6.05. The van der Waals surface area contributed by atoms with Crippen LogP contribution in [-0.2, 0) is 14.4 Å². The molecule has 0 spiro atoms. The lowest BCUT2D eigenvalue weighted by Gasteiger charge is -2.26.